The summed E-state index contributed by atoms with van der Waals surface area (Å²) >= 11 is 0. The maximum absolute atomic E-state index is 13.2. The van der Waals surface area contributed by atoms with Gasteiger partial charge in [0.25, 0.3) is 0 Å². The number of piperidine rings is 1. The van der Waals surface area contributed by atoms with Crippen LogP contribution >= 0.6 is 0 Å². The van der Waals surface area contributed by atoms with E-state index >= 15 is 0 Å². The Morgan fingerprint density at radius 1 is 1.32 bits per heavy atom. The van der Waals surface area contributed by atoms with E-state index < -0.39 is 11.6 Å². The predicted octanol–water partition coefficient (Wildman–Crippen LogP) is 2.38. The van der Waals surface area contributed by atoms with Crippen molar-refractivity contribution in [3.05, 3.63) is 47.5 Å². The molecule has 1 fully saturated rings. The summed E-state index contributed by atoms with van der Waals surface area (Å²) in [6, 6.07) is 3.42. The summed E-state index contributed by atoms with van der Waals surface area (Å²) in [4.78, 5) is 18.4. The molecule has 2 aromatic rings. The monoisotopic (exact) mass is 306 g/mol. The number of H-pyrrole nitrogens is 1. The molecule has 0 radical (unpaired) electrons. The molecule has 7 heteroatoms. The number of carbonyl (C=O) groups excluding carboxylic acids is 1. The zero-order chi connectivity index (χ0) is 15.5. The quantitative estimate of drug-likeness (QED) is 0.947. The number of hydrogen-bond donors (Lipinski definition) is 1. The SMILES string of the molecule is O=C(Cc1ccc(F)c(F)c1)N1CCCC[C@H]1c1ncn[nH]1. The minimum absolute atomic E-state index is 0.0435. The van der Waals surface area contributed by atoms with Crippen molar-refractivity contribution in [2.45, 2.75) is 31.7 Å². The Hall–Kier alpha value is -2.31. The summed E-state index contributed by atoms with van der Waals surface area (Å²) in [5.74, 6) is -1.30. The smallest absolute Gasteiger partial charge is 0.227 e. The first-order chi connectivity index (χ1) is 10.6. The average molecular weight is 306 g/mol. The molecule has 1 aromatic heterocycles. The number of nitrogens with one attached hydrogen (secondary N) is 1. The molecule has 22 heavy (non-hydrogen) atoms. The van der Waals surface area contributed by atoms with E-state index in [0.29, 0.717) is 17.9 Å². The van der Waals surface area contributed by atoms with Crippen LogP contribution in [0.5, 0.6) is 0 Å². The van der Waals surface area contributed by atoms with Gasteiger partial charge >= 0.3 is 0 Å². The van der Waals surface area contributed by atoms with Crippen molar-refractivity contribution in [3.8, 4) is 0 Å². The maximum atomic E-state index is 13.2. The average Bonchev–Trinajstić information content (AvgIpc) is 3.05. The van der Waals surface area contributed by atoms with E-state index in [0.717, 1.165) is 31.4 Å². The molecule has 1 aliphatic rings. The Morgan fingerprint density at radius 3 is 2.91 bits per heavy atom. The minimum Gasteiger partial charge on any atom is -0.332 e. The van der Waals surface area contributed by atoms with Gasteiger partial charge < -0.3 is 4.90 Å². The number of aromatic nitrogens is 3. The normalized spacial score (nSPS) is 18.5. The van der Waals surface area contributed by atoms with Gasteiger partial charge in [0.15, 0.2) is 11.6 Å². The highest BCUT2D eigenvalue weighted by molar-refractivity contribution is 5.79. The summed E-state index contributed by atoms with van der Waals surface area (Å²) in [6.45, 7) is 0.633. The molecule has 0 saturated carbocycles. The summed E-state index contributed by atoms with van der Waals surface area (Å²) in [6.07, 6.45) is 4.22. The summed E-state index contributed by atoms with van der Waals surface area (Å²) in [5, 5.41) is 6.64. The lowest BCUT2D eigenvalue weighted by Crippen LogP contribution is -2.39. The van der Waals surface area contributed by atoms with Gasteiger partial charge in [0.2, 0.25) is 5.91 Å². The van der Waals surface area contributed by atoms with Crippen LogP contribution in [-0.2, 0) is 11.2 Å². The first-order valence-corrected chi connectivity index (χ1v) is 7.24. The van der Waals surface area contributed by atoms with Crippen LogP contribution in [0.25, 0.3) is 0 Å². The van der Waals surface area contributed by atoms with E-state index in [1.807, 2.05) is 0 Å². The van der Waals surface area contributed by atoms with Crippen molar-refractivity contribution in [1.82, 2.24) is 20.1 Å². The van der Waals surface area contributed by atoms with Gasteiger partial charge in [-0.15, -0.1) is 0 Å². The van der Waals surface area contributed by atoms with E-state index in [-0.39, 0.29) is 18.4 Å². The number of carbonyl (C=O) groups is 1. The third kappa shape index (κ3) is 2.98. The van der Waals surface area contributed by atoms with E-state index in [2.05, 4.69) is 15.2 Å². The molecular formula is C15H16F2N4O. The number of halogens is 2. The zero-order valence-electron chi connectivity index (χ0n) is 11.9. The molecule has 5 nitrogen and oxygen atoms in total. The fourth-order valence-electron chi connectivity index (χ4n) is 2.82. The Labute approximate surface area is 126 Å². The van der Waals surface area contributed by atoms with Crippen LogP contribution < -0.4 is 0 Å². The number of rotatable bonds is 3. The third-order valence-electron chi connectivity index (χ3n) is 3.91. The van der Waals surface area contributed by atoms with E-state index in [1.54, 1.807) is 4.90 Å². The molecule has 2 heterocycles. The van der Waals surface area contributed by atoms with E-state index in [9.17, 15) is 13.6 Å². The zero-order valence-corrected chi connectivity index (χ0v) is 11.9. The second-order valence-electron chi connectivity index (χ2n) is 5.39. The van der Waals surface area contributed by atoms with Crippen LogP contribution in [-0.4, -0.2) is 32.5 Å². The molecule has 0 aliphatic carbocycles. The molecule has 116 valence electrons. The van der Waals surface area contributed by atoms with Crippen molar-refractivity contribution in [1.29, 1.82) is 0 Å². The van der Waals surface area contributed by atoms with Crippen molar-refractivity contribution in [3.63, 3.8) is 0 Å². The van der Waals surface area contributed by atoms with Crippen LogP contribution in [0.15, 0.2) is 24.5 Å². The highest BCUT2D eigenvalue weighted by atomic mass is 19.2. The highest BCUT2D eigenvalue weighted by Gasteiger charge is 2.29. The van der Waals surface area contributed by atoms with Crippen LogP contribution in [0.3, 0.4) is 0 Å². The van der Waals surface area contributed by atoms with E-state index in [1.165, 1.54) is 12.4 Å². The topological polar surface area (TPSA) is 61.9 Å². The lowest BCUT2D eigenvalue weighted by atomic mass is 10.00. The molecule has 1 N–H and O–H groups in total. The lowest BCUT2D eigenvalue weighted by Gasteiger charge is -2.34. The molecule has 1 saturated heterocycles. The Balaban J connectivity index is 1.75. The van der Waals surface area contributed by atoms with Crippen LogP contribution in [0.2, 0.25) is 0 Å². The number of amides is 1. The van der Waals surface area contributed by atoms with Gasteiger partial charge in [0.05, 0.1) is 12.5 Å². The van der Waals surface area contributed by atoms with Gasteiger partial charge in [0.1, 0.15) is 12.2 Å². The first kappa shape index (κ1) is 14.6. The standard InChI is InChI=1S/C15H16F2N4O/c16-11-5-4-10(7-12(11)17)8-14(22)21-6-2-1-3-13(21)15-18-9-19-20-15/h4-5,7,9,13H,1-3,6,8H2,(H,18,19,20)/t13-/m0/s1. The number of aromatic amines is 1. The molecule has 0 spiro atoms. The second kappa shape index (κ2) is 6.21. The Bertz CT molecular complexity index is 660. The Morgan fingerprint density at radius 2 is 2.18 bits per heavy atom. The predicted molar refractivity (Wildman–Crippen MR) is 74.7 cm³/mol. The van der Waals surface area contributed by atoms with E-state index in [4.69, 9.17) is 0 Å². The minimum atomic E-state index is -0.935. The Kier molecular flexibility index (Phi) is 4.13. The molecule has 3 rings (SSSR count). The summed E-state index contributed by atoms with van der Waals surface area (Å²) < 4.78 is 26.2. The first-order valence-electron chi connectivity index (χ1n) is 7.24. The van der Waals surface area contributed by atoms with Crippen molar-refractivity contribution in [2.75, 3.05) is 6.54 Å². The molecule has 0 unspecified atom stereocenters. The second-order valence-corrected chi connectivity index (χ2v) is 5.39. The van der Waals surface area contributed by atoms with Gasteiger partial charge in [-0.3, -0.25) is 9.89 Å². The van der Waals surface area contributed by atoms with Gasteiger partial charge in [-0.05, 0) is 37.0 Å². The number of benzene rings is 1. The number of nitrogens with zero attached hydrogens (tertiary/aromatic N) is 3. The van der Waals surface area contributed by atoms with Crippen LogP contribution in [0.4, 0.5) is 8.78 Å². The number of likely N-dealkylation sites (tertiary alicyclic amines) is 1. The van der Waals surface area contributed by atoms with Crippen molar-refractivity contribution >= 4 is 5.91 Å². The van der Waals surface area contributed by atoms with Gasteiger partial charge in [0, 0.05) is 6.54 Å². The van der Waals surface area contributed by atoms with Crippen molar-refractivity contribution in [2.24, 2.45) is 0 Å². The highest BCUT2D eigenvalue weighted by Crippen LogP contribution is 2.29. The molecule has 1 aromatic carbocycles. The van der Waals surface area contributed by atoms with Crippen LogP contribution in [0.1, 0.15) is 36.7 Å². The lowest BCUT2D eigenvalue weighted by molar-refractivity contribution is -0.134. The van der Waals surface area contributed by atoms with Gasteiger partial charge in [-0.2, -0.15) is 5.10 Å². The summed E-state index contributed by atoms with van der Waals surface area (Å²) in [5.41, 5.74) is 0.464. The van der Waals surface area contributed by atoms with Gasteiger partial charge in [-0.25, -0.2) is 13.8 Å². The summed E-state index contributed by atoms with van der Waals surface area (Å²) in [7, 11) is 0. The maximum Gasteiger partial charge on any atom is 0.227 e. The fraction of sp³-hybridized carbons (Fsp3) is 0.400. The molecule has 1 amide bonds. The number of hydrogen-bond acceptors (Lipinski definition) is 3. The van der Waals surface area contributed by atoms with Crippen molar-refractivity contribution < 1.29 is 13.6 Å². The molecular weight excluding hydrogens is 290 g/mol. The van der Waals surface area contributed by atoms with Crippen LogP contribution in [0, 0.1) is 11.6 Å². The fourth-order valence-corrected chi connectivity index (χ4v) is 2.82. The molecule has 1 aliphatic heterocycles. The molecule has 0 bridgehead atoms. The molecule has 1 atom stereocenters. The largest absolute Gasteiger partial charge is 0.332 e. The van der Waals surface area contributed by atoms with Gasteiger partial charge in [-0.1, -0.05) is 6.07 Å². The third-order valence-corrected chi connectivity index (χ3v) is 3.91.